The molecule has 0 aliphatic rings. The van der Waals surface area contributed by atoms with Gasteiger partial charge in [0.2, 0.25) is 0 Å². The molecule has 130 valence electrons. The molecule has 0 atom stereocenters. The second kappa shape index (κ2) is 6.17. The highest BCUT2D eigenvalue weighted by Crippen LogP contribution is 2.42. The van der Waals surface area contributed by atoms with Gasteiger partial charge in [0.25, 0.3) is 0 Å². The molecule has 4 aromatic carbocycles. The molecule has 1 nitrogen and oxygen atoms in total. The van der Waals surface area contributed by atoms with Gasteiger partial charge in [0.15, 0.2) is 0 Å². The number of aryl methyl sites for hydroxylation is 1. The van der Waals surface area contributed by atoms with E-state index in [1.54, 1.807) is 0 Å². The number of hydrogen-bond donors (Lipinski definition) is 0. The van der Waals surface area contributed by atoms with Gasteiger partial charge in [-0.2, -0.15) is 0 Å². The van der Waals surface area contributed by atoms with E-state index in [9.17, 15) is 0 Å². The molecule has 0 saturated carbocycles. The monoisotopic (exact) mass is 340 g/mol. The van der Waals surface area contributed by atoms with Gasteiger partial charge in [0.05, 0.1) is 0 Å². The fourth-order valence-corrected chi connectivity index (χ4v) is 3.59. The lowest BCUT2D eigenvalue weighted by atomic mass is 9.90. The van der Waals surface area contributed by atoms with Crippen molar-refractivity contribution in [3.8, 4) is 16.9 Å². The summed E-state index contributed by atoms with van der Waals surface area (Å²) in [5, 5.41) is 5.03. The molecule has 26 heavy (non-hydrogen) atoms. The Balaban J connectivity index is 2.13. The molecule has 0 radical (unpaired) electrons. The van der Waals surface area contributed by atoms with Crippen molar-refractivity contribution in [2.45, 2.75) is 33.3 Å². The van der Waals surface area contributed by atoms with E-state index in [-0.39, 0.29) is 5.60 Å². The molecule has 0 amide bonds. The molecule has 0 bridgehead atoms. The van der Waals surface area contributed by atoms with Crippen LogP contribution in [0.1, 0.15) is 26.3 Å². The van der Waals surface area contributed by atoms with Crippen molar-refractivity contribution < 1.29 is 4.74 Å². The third-order valence-corrected chi connectivity index (χ3v) is 4.66. The normalized spacial score (nSPS) is 11.8. The Morgan fingerprint density at radius 2 is 1.27 bits per heavy atom. The zero-order valence-corrected chi connectivity index (χ0v) is 15.8. The molecule has 0 aromatic heterocycles. The van der Waals surface area contributed by atoms with Crippen LogP contribution in [0.2, 0.25) is 0 Å². The average Bonchev–Trinajstić information content (AvgIpc) is 2.60. The molecule has 0 N–H and O–H groups in total. The largest absolute Gasteiger partial charge is 0.487 e. The fraction of sp³-hybridized carbons (Fsp3) is 0.200. The van der Waals surface area contributed by atoms with E-state index >= 15 is 0 Å². The molecule has 0 aliphatic carbocycles. The first kappa shape index (κ1) is 16.7. The third-order valence-electron chi connectivity index (χ3n) is 4.66. The number of benzene rings is 4. The summed E-state index contributed by atoms with van der Waals surface area (Å²) in [5.41, 5.74) is 3.32. The molecule has 4 rings (SSSR count). The van der Waals surface area contributed by atoms with Gasteiger partial charge < -0.3 is 4.74 Å². The second-order valence-electron chi connectivity index (χ2n) is 7.86. The summed E-state index contributed by atoms with van der Waals surface area (Å²) in [6.07, 6.45) is 0. The fourth-order valence-electron chi connectivity index (χ4n) is 3.59. The average molecular weight is 340 g/mol. The molecule has 0 fully saturated rings. The first-order valence-corrected chi connectivity index (χ1v) is 9.13. The summed E-state index contributed by atoms with van der Waals surface area (Å²) in [5.74, 6) is 0.974. The number of hydrogen-bond acceptors (Lipinski definition) is 1. The Hall–Kier alpha value is -2.80. The number of para-hydroxylation sites is 1. The van der Waals surface area contributed by atoms with E-state index in [0.717, 1.165) is 16.9 Å². The number of rotatable bonds is 2. The molecule has 4 aromatic rings. The predicted octanol–water partition coefficient (Wildman–Crippen LogP) is 7.15. The van der Waals surface area contributed by atoms with Crippen LogP contribution >= 0.6 is 0 Å². The molecular weight excluding hydrogens is 316 g/mol. The van der Waals surface area contributed by atoms with Crippen molar-refractivity contribution in [1.29, 1.82) is 0 Å². The van der Waals surface area contributed by atoms with Crippen LogP contribution in [0.25, 0.3) is 32.7 Å². The lowest BCUT2D eigenvalue weighted by Crippen LogP contribution is -2.23. The van der Waals surface area contributed by atoms with Crippen molar-refractivity contribution in [3.05, 3.63) is 78.4 Å². The van der Waals surface area contributed by atoms with Crippen LogP contribution in [0, 0.1) is 6.92 Å². The van der Waals surface area contributed by atoms with Gasteiger partial charge in [-0.05, 0) is 60.9 Å². The number of fused-ring (bicyclic) bond motifs is 2. The van der Waals surface area contributed by atoms with Crippen LogP contribution in [0.4, 0.5) is 0 Å². The predicted molar refractivity (Wildman–Crippen MR) is 112 cm³/mol. The van der Waals surface area contributed by atoms with Crippen molar-refractivity contribution in [1.82, 2.24) is 0 Å². The van der Waals surface area contributed by atoms with Gasteiger partial charge in [-0.15, -0.1) is 0 Å². The Labute approximate surface area is 155 Å². The van der Waals surface area contributed by atoms with Gasteiger partial charge in [-0.25, -0.2) is 0 Å². The van der Waals surface area contributed by atoms with Gasteiger partial charge in [-0.3, -0.25) is 0 Å². The lowest BCUT2D eigenvalue weighted by molar-refractivity contribution is 0.130. The highest BCUT2D eigenvalue weighted by atomic mass is 16.5. The summed E-state index contributed by atoms with van der Waals surface area (Å²) in [6, 6.07) is 25.9. The van der Waals surface area contributed by atoms with Crippen LogP contribution < -0.4 is 4.74 Å². The smallest absolute Gasteiger partial charge is 0.130 e. The zero-order valence-electron chi connectivity index (χ0n) is 15.8. The quantitative estimate of drug-likeness (QED) is 0.352. The van der Waals surface area contributed by atoms with E-state index in [2.05, 4.69) is 100 Å². The zero-order chi connectivity index (χ0) is 18.3. The van der Waals surface area contributed by atoms with Crippen LogP contribution in [0.5, 0.6) is 5.75 Å². The first-order valence-electron chi connectivity index (χ1n) is 9.13. The minimum atomic E-state index is -0.249. The van der Waals surface area contributed by atoms with Crippen LogP contribution in [-0.4, -0.2) is 5.60 Å². The van der Waals surface area contributed by atoms with Crippen LogP contribution in [-0.2, 0) is 0 Å². The summed E-state index contributed by atoms with van der Waals surface area (Å²) in [4.78, 5) is 0. The molecule has 1 heteroatoms. The summed E-state index contributed by atoms with van der Waals surface area (Å²) in [6.45, 7) is 8.43. The van der Waals surface area contributed by atoms with E-state index in [0.29, 0.717) is 0 Å². The molecule has 0 heterocycles. The molecule has 0 unspecified atom stereocenters. The molecule has 0 saturated heterocycles. The maximum absolute atomic E-state index is 6.42. The Kier molecular flexibility index (Phi) is 3.96. The van der Waals surface area contributed by atoms with Gasteiger partial charge >= 0.3 is 0 Å². The minimum Gasteiger partial charge on any atom is -0.487 e. The summed E-state index contributed by atoms with van der Waals surface area (Å²) in [7, 11) is 0. The van der Waals surface area contributed by atoms with Crippen LogP contribution in [0.15, 0.2) is 72.8 Å². The Bertz CT molecular complexity index is 1050. The Morgan fingerprint density at radius 1 is 0.692 bits per heavy atom. The van der Waals surface area contributed by atoms with E-state index in [4.69, 9.17) is 4.74 Å². The summed E-state index contributed by atoms with van der Waals surface area (Å²) < 4.78 is 6.42. The van der Waals surface area contributed by atoms with E-state index in [1.165, 1.54) is 27.1 Å². The van der Waals surface area contributed by atoms with Gasteiger partial charge in [0, 0.05) is 11.1 Å². The highest BCUT2D eigenvalue weighted by Gasteiger charge is 2.20. The molecular formula is C25H24O. The topological polar surface area (TPSA) is 9.23 Å². The van der Waals surface area contributed by atoms with Crippen molar-refractivity contribution in [2.24, 2.45) is 0 Å². The number of ether oxygens (including phenoxy) is 1. The minimum absolute atomic E-state index is 0.249. The lowest BCUT2D eigenvalue weighted by Gasteiger charge is -2.25. The maximum Gasteiger partial charge on any atom is 0.130 e. The summed E-state index contributed by atoms with van der Waals surface area (Å²) >= 11 is 0. The second-order valence-corrected chi connectivity index (χ2v) is 7.86. The van der Waals surface area contributed by atoms with Crippen molar-refractivity contribution in [3.63, 3.8) is 0 Å². The maximum atomic E-state index is 6.42. The van der Waals surface area contributed by atoms with E-state index in [1.807, 2.05) is 0 Å². The highest BCUT2D eigenvalue weighted by molar-refractivity contribution is 6.13. The first-order chi connectivity index (χ1) is 12.4. The van der Waals surface area contributed by atoms with Gasteiger partial charge in [0.1, 0.15) is 11.4 Å². The standard InChI is InChI=1S/C25H24O/c1-17-10-9-15-22(24(17)26-25(2,3)4)23-20-13-7-5-11-18(20)16-19-12-6-8-14-21(19)23/h5-16H,1-4H3. The molecule has 0 spiro atoms. The molecule has 0 aliphatic heterocycles. The van der Waals surface area contributed by atoms with Crippen molar-refractivity contribution >= 4 is 21.5 Å². The van der Waals surface area contributed by atoms with E-state index < -0.39 is 0 Å². The van der Waals surface area contributed by atoms with Crippen molar-refractivity contribution in [2.75, 3.05) is 0 Å². The van der Waals surface area contributed by atoms with Crippen LogP contribution in [0.3, 0.4) is 0 Å². The Morgan fingerprint density at radius 3 is 1.85 bits per heavy atom. The van der Waals surface area contributed by atoms with Gasteiger partial charge in [-0.1, -0.05) is 66.7 Å². The SMILES string of the molecule is Cc1cccc(-c2c3ccccc3cc3ccccc23)c1OC(C)(C)C. The third kappa shape index (κ3) is 2.94.